The Bertz CT molecular complexity index is 1660. The van der Waals surface area contributed by atoms with Crippen LogP contribution in [0.3, 0.4) is 0 Å². The molecule has 0 aromatic heterocycles. The molecule has 0 unspecified atom stereocenters. The summed E-state index contributed by atoms with van der Waals surface area (Å²) in [4.78, 5) is 26.3. The molecule has 0 aromatic carbocycles. The van der Waals surface area contributed by atoms with Crippen LogP contribution < -0.4 is 0 Å². The number of ether oxygens (including phenoxy) is 1. The lowest BCUT2D eigenvalue weighted by atomic mass is 9.67. The highest BCUT2D eigenvalue weighted by atomic mass is 16.5. The van der Waals surface area contributed by atoms with Crippen molar-refractivity contribution in [3.63, 3.8) is 0 Å². The van der Waals surface area contributed by atoms with E-state index in [1.807, 2.05) is 56.4 Å². The summed E-state index contributed by atoms with van der Waals surface area (Å²) in [6, 6.07) is 0. The molecule has 314 valence electrons. The van der Waals surface area contributed by atoms with Crippen LogP contribution in [0, 0.1) is 16.7 Å². The number of hydrogen-bond donors (Lipinski definition) is 2. The molecular weight excluding hydrogens is 705 g/mol. The van der Waals surface area contributed by atoms with Gasteiger partial charge in [-0.1, -0.05) is 192 Å². The van der Waals surface area contributed by atoms with Crippen LogP contribution in [0.1, 0.15) is 146 Å². The van der Waals surface area contributed by atoms with E-state index in [1.165, 1.54) is 55.7 Å². The average molecular weight is 781 g/mol. The third-order valence-electron chi connectivity index (χ3n) is 11.2. The van der Waals surface area contributed by atoms with E-state index >= 15 is 0 Å². The number of esters is 1. The van der Waals surface area contributed by atoms with Crippen LogP contribution in [0.25, 0.3) is 0 Å². The van der Waals surface area contributed by atoms with Gasteiger partial charge in [-0.05, 0) is 77.6 Å². The number of ketones is 1. The van der Waals surface area contributed by atoms with Crippen LogP contribution in [0.15, 0.2) is 130 Å². The largest absolute Gasteiger partial charge is 0.458 e. The normalized spacial score (nSPS) is 22.5. The van der Waals surface area contributed by atoms with Crippen LogP contribution in [-0.4, -0.2) is 40.8 Å². The van der Waals surface area contributed by atoms with Gasteiger partial charge in [-0.3, -0.25) is 4.79 Å². The zero-order valence-corrected chi connectivity index (χ0v) is 37.2. The van der Waals surface area contributed by atoms with E-state index in [4.69, 9.17) is 4.74 Å². The second-order valence-electron chi connectivity index (χ2n) is 17.8. The van der Waals surface area contributed by atoms with Crippen molar-refractivity contribution in [1.82, 2.24) is 0 Å². The number of carbonyl (C=O) groups is 2. The molecule has 0 heterocycles. The van der Waals surface area contributed by atoms with Gasteiger partial charge < -0.3 is 14.9 Å². The topological polar surface area (TPSA) is 83.8 Å². The van der Waals surface area contributed by atoms with Crippen molar-refractivity contribution in [3.05, 3.63) is 130 Å². The minimum absolute atomic E-state index is 0.0219. The minimum Gasteiger partial charge on any atom is -0.458 e. The quantitative estimate of drug-likeness (QED) is 0.0376. The number of aliphatic hydroxyl groups is 2. The molecule has 0 radical (unpaired) electrons. The Morgan fingerprint density at radius 2 is 1.35 bits per heavy atom. The molecule has 0 fully saturated rings. The molecular formula is C52H76O5. The van der Waals surface area contributed by atoms with Crippen LogP contribution >= 0.6 is 0 Å². The smallest absolute Gasteiger partial charge is 0.330 e. The van der Waals surface area contributed by atoms with Gasteiger partial charge in [0, 0.05) is 24.0 Å². The molecule has 0 aliphatic heterocycles. The number of hydrogen-bond acceptors (Lipinski definition) is 5. The molecule has 0 saturated heterocycles. The van der Waals surface area contributed by atoms with Gasteiger partial charge in [0.25, 0.3) is 0 Å². The maximum absolute atomic E-state index is 13.7. The fourth-order valence-electron chi connectivity index (χ4n) is 7.98. The highest BCUT2D eigenvalue weighted by Crippen LogP contribution is 2.43. The molecule has 0 saturated carbocycles. The van der Waals surface area contributed by atoms with E-state index < -0.39 is 12.1 Å². The van der Waals surface area contributed by atoms with Crippen molar-refractivity contribution in [3.8, 4) is 0 Å². The van der Waals surface area contributed by atoms with Gasteiger partial charge >= 0.3 is 5.97 Å². The van der Waals surface area contributed by atoms with Crippen LogP contribution in [0.4, 0.5) is 0 Å². The van der Waals surface area contributed by atoms with E-state index in [9.17, 15) is 19.8 Å². The maximum Gasteiger partial charge on any atom is 0.330 e. The van der Waals surface area contributed by atoms with Crippen molar-refractivity contribution >= 4 is 11.8 Å². The summed E-state index contributed by atoms with van der Waals surface area (Å²) >= 11 is 0. The first-order chi connectivity index (χ1) is 26.9. The third kappa shape index (κ3) is 19.5. The van der Waals surface area contributed by atoms with Gasteiger partial charge in [0.1, 0.15) is 6.61 Å². The predicted octanol–water partition coefficient (Wildman–Crippen LogP) is 13.0. The molecule has 0 aromatic rings. The Morgan fingerprint density at radius 1 is 0.772 bits per heavy atom. The van der Waals surface area contributed by atoms with Gasteiger partial charge in [0.05, 0.1) is 12.2 Å². The first kappa shape index (κ1) is 49.3. The lowest BCUT2D eigenvalue weighted by Crippen LogP contribution is -2.32. The molecule has 0 amide bonds. The lowest BCUT2D eigenvalue weighted by molar-refractivity contribution is -0.137. The zero-order valence-electron chi connectivity index (χ0n) is 37.2. The molecule has 2 aliphatic carbocycles. The number of rotatable bonds is 22. The Morgan fingerprint density at radius 3 is 1.96 bits per heavy atom. The Kier molecular flexibility index (Phi) is 22.1. The van der Waals surface area contributed by atoms with Crippen LogP contribution in [0.5, 0.6) is 0 Å². The third-order valence-corrected chi connectivity index (χ3v) is 11.2. The Hall–Kier alpha value is -3.80. The van der Waals surface area contributed by atoms with Crippen molar-refractivity contribution in [2.45, 2.75) is 158 Å². The van der Waals surface area contributed by atoms with Gasteiger partial charge in [-0.2, -0.15) is 0 Å². The summed E-state index contributed by atoms with van der Waals surface area (Å²) < 4.78 is 5.58. The summed E-state index contributed by atoms with van der Waals surface area (Å²) in [5.41, 5.74) is 6.82. The van der Waals surface area contributed by atoms with E-state index in [1.54, 1.807) is 6.08 Å². The average Bonchev–Trinajstić information content (AvgIpc) is 3.11. The summed E-state index contributed by atoms with van der Waals surface area (Å²) in [5, 5.41) is 20.5. The SMILES string of the molecule is CCCCCCCCC/C=C/C(=O)OC\C(=C/C=C/C(C)=C/C=C/C=C(C)/C=C/C=C(C)/C=C/[C@H]1C(C)=C[C@H](O)CC1(C)C)C(=O)CC1=C(C)C[C@@H](O)CC1(C)C. The first-order valence-corrected chi connectivity index (χ1v) is 21.5. The van der Waals surface area contributed by atoms with Gasteiger partial charge in [0.15, 0.2) is 5.78 Å². The minimum atomic E-state index is -0.437. The van der Waals surface area contributed by atoms with Crippen molar-refractivity contribution in [2.75, 3.05) is 6.61 Å². The second-order valence-corrected chi connectivity index (χ2v) is 17.8. The van der Waals surface area contributed by atoms with Crippen LogP contribution in [0.2, 0.25) is 0 Å². The Labute approximate surface area is 347 Å². The van der Waals surface area contributed by atoms with Crippen molar-refractivity contribution < 1.29 is 24.5 Å². The zero-order chi connectivity index (χ0) is 42.4. The highest BCUT2D eigenvalue weighted by molar-refractivity contribution is 5.98. The lowest BCUT2D eigenvalue weighted by Gasteiger charge is -2.38. The molecule has 2 aliphatic rings. The highest BCUT2D eigenvalue weighted by Gasteiger charge is 2.35. The number of allylic oxidation sites excluding steroid dienone is 18. The van der Waals surface area contributed by atoms with E-state index in [0.29, 0.717) is 24.3 Å². The van der Waals surface area contributed by atoms with E-state index in [0.717, 1.165) is 41.6 Å². The fourth-order valence-corrected chi connectivity index (χ4v) is 7.98. The van der Waals surface area contributed by atoms with E-state index in [2.05, 4.69) is 91.8 Å². The Balaban J connectivity index is 2.05. The summed E-state index contributed by atoms with van der Waals surface area (Å²) in [5.74, 6) is -0.199. The molecule has 0 bridgehead atoms. The van der Waals surface area contributed by atoms with Gasteiger partial charge in [-0.25, -0.2) is 4.79 Å². The molecule has 5 nitrogen and oxygen atoms in total. The molecule has 2 rings (SSSR count). The van der Waals surface area contributed by atoms with Gasteiger partial charge in [0.2, 0.25) is 0 Å². The molecule has 5 heteroatoms. The number of unbranched alkanes of at least 4 members (excludes halogenated alkanes) is 7. The first-order valence-electron chi connectivity index (χ1n) is 21.5. The van der Waals surface area contributed by atoms with E-state index in [-0.39, 0.29) is 35.7 Å². The summed E-state index contributed by atoms with van der Waals surface area (Å²) in [6.07, 6.45) is 40.5. The predicted molar refractivity (Wildman–Crippen MR) is 242 cm³/mol. The van der Waals surface area contributed by atoms with Crippen molar-refractivity contribution in [2.24, 2.45) is 16.7 Å². The maximum atomic E-state index is 13.7. The van der Waals surface area contributed by atoms with Crippen molar-refractivity contribution in [1.29, 1.82) is 0 Å². The molecule has 0 spiro atoms. The van der Waals surface area contributed by atoms with Crippen LogP contribution in [-0.2, 0) is 14.3 Å². The number of carbonyl (C=O) groups excluding carboxylic acids is 2. The summed E-state index contributed by atoms with van der Waals surface area (Å²) in [6.45, 7) is 21.0. The monoisotopic (exact) mass is 781 g/mol. The molecule has 2 N–H and O–H groups in total. The molecule has 57 heavy (non-hydrogen) atoms. The summed E-state index contributed by atoms with van der Waals surface area (Å²) in [7, 11) is 0. The fraction of sp³-hybridized carbons (Fsp3) is 0.538. The second kappa shape index (κ2) is 25.5. The number of Topliss-reactive ketones (excluding diaryl/α,β-unsaturated/α-hetero) is 1. The van der Waals surface area contributed by atoms with Gasteiger partial charge in [-0.15, -0.1) is 0 Å². The molecule has 3 atom stereocenters. The standard InChI is InChI=1S/C52H76O5/c1-11-12-13-14-15-16-17-18-19-30-50(56)57-38-44(49(55)35-48-43(6)34-46(54)37-52(48,9)10)29-23-28-40(3)25-21-20-24-39(2)26-22-27-41(4)31-32-47-42(5)33-45(53)36-51(47,7)8/h19-33,45-47,53-54H,11-18,34-38H2,1-10H3/b21-20+,26-22+,28-23+,30-19+,32-31+,39-24+,40-25+,41-27+,44-29+/t45-,46+,47-/m0/s1. The number of aliphatic hydroxyl groups excluding tert-OH is 2.